The van der Waals surface area contributed by atoms with E-state index in [1.54, 1.807) is 0 Å². The lowest BCUT2D eigenvalue weighted by Crippen LogP contribution is -2.61. The molecule has 6 heteroatoms. The molecular formula is C29H52N4O2. The van der Waals surface area contributed by atoms with E-state index in [0.717, 1.165) is 70.6 Å². The molecule has 2 saturated heterocycles. The number of hydrogen-bond donors (Lipinski definition) is 2. The predicted octanol–water partition coefficient (Wildman–Crippen LogP) is 2.20. The summed E-state index contributed by atoms with van der Waals surface area (Å²) in [7, 11) is 4.45. The monoisotopic (exact) mass is 488 g/mol. The maximum absolute atomic E-state index is 11.7. The summed E-state index contributed by atoms with van der Waals surface area (Å²) in [6.07, 6.45) is 8.13. The molecule has 2 N–H and O–H groups in total. The van der Waals surface area contributed by atoms with Crippen LogP contribution in [0.4, 0.5) is 0 Å². The molecule has 0 spiro atoms. The van der Waals surface area contributed by atoms with Gasteiger partial charge in [0.15, 0.2) is 0 Å². The SMILES string of the molecule is CN1CCN([C@H]2C[C@@]3(C)[C@@H](CC[C@@H]4[C@@H]3CC[C@]3(C)[C@@H](O)[C@@H](N5CCN(C)CC5)C[C@@H]43)C[C@H]2O)CC1. The van der Waals surface area contributed by atoms with Crippen molar-refractivity contribution in [2.45, 2.75) is 83.1 Å². The highest BCUT2D eigenvalue weighted by atomic mass is 16.3. The summed E-state index contributed by atoms with van der Waals surface area (Å²) >= 11 is 0. The average molecular weight is 489 g/mol. The standard InChI is InChI=1S/C29H52N4O2/c1-28-8-7-22-21(23(28)18-24(27(28)35)32-13-9-30(3)10-14-32)6-5-20-17-26(34)25(19-29(20,22)2)33-15-11-31(4)12-16-33/h20-27,34-35H,5-19H2,1-4H3/t20-,21+,22-,23-,24-,25-,26+,27-,28-,29-/m0/s1. The maximum atomic E-state index is 11.7. The molecule has 2 aliphatic heterocycles. The van der Waals surface area contributed by atoms with Gasteiger partial charge in [0, 0.05) is 64.4 Å². The van der Waals surface area contributed by atoms with Crippen LogP contribution in [-0.4, -0.2) is 121 Å². The first-order valence-corrected chi connectivity index (χ1v) is 14.9. The average Bonchev–Trinajstić information content (AvgIpc) is 3.11. The highest BCUT2D eigenvalue weighted by Crippen LogP contribution is 2.66. The number of rotatable bonds is 2. The number of aliphatic hydroxyl groups is 2. The first-order chi connectivity index (χ1) is 16.7. The van der Waals surface area contributed by atoms with Crippen molar-refractivity contribution in [3.63, 3.8) is 0 Å². The lowest BCUT2D eigenvalue weighted by atomic mass is 9.44. The molecule has 6 rings (SSSR count). The van der Waals surface area contributed by atoms with Crippen molar-refractivity contribution in [3.05, 3.63) is 0 Å². The van der Waals surface area contributed by atoms with Gasteiger partial charge in [-0.3, -0.25) is 9.80 Å². The number of nitrogens with zero attached hydrogens (tertiary/aromatic N) is 4. The Kier molecular flexibility index (Phi) is 6.59. The van der Waals surface area contributed by atoms with Gasteiger partial charge in [-0.25, -0.2) is 0 Å². The van der Waals surface area contributed by atoms with E-state index in [1.165, 1.54) is 38.5 Å². The van der Waals surface area contributed by atoms with Gasteiger partial charge in [0.25, 0.3) is 0 Å². The van der Waals surface area contributed by atoms with E-state index >= 15 is 0 Å². The Morgan fingerprint density at radius 2 is 1.26 bits per heavy atom. The minimum Gasteiger partial charge on any atom is -0.391 e. The van der Waals surface area contributed by atoms with Crippen molar-refractivity contribution in [2.24, 2.45) is 34.5 Å². The topological polar surface area (TPSA) is 53.4 Å². The molecule has 0 aromatic heterocycles. The Bertz CT molecular complexity index is 766. The molecule has 0 aromatic carbocycles. The molecule has 4 saturated carbocycles. The first kappa shape index (κ1) is 25.1. The summed E-state index contributed by atoms with van der Waals surface area (Å²) in [6.45, 7) is 14.0. The van der Waals surface area contributed by atoms with Crippen LogP contribution in [0, 0.1) is 34.5 Å². The Morgan fingerprint density at radius 1 is 0.657 bits per heavy atom. The highest BCUT2D eigenvalue weighted by molar-refractivity contribution is 5.14. The summed E-state index contributed by atoms with van der Waals surface area (Å²) in [5.41, 5.74) is 0.428. The van der Waals surface area contributed by atoms with E-state index in [2.05, 4.69) is 47.5 Å². The molecule has 6 nitrogen and oxygen atoms in total. The Balaban J connectivity index is 1.21. The quantitative estimate of drug-likeness (QED) is 0.622. The lowest BCUT2D eigenvalue weighted by molar-refractivity contribution is -0.155. The molecule has 0 amide bonds. The summed E-state index contributed by atoms with van der Waals surface area (Å²) in [5, 5.41) is 23.0. The van der Waals surface area contributed by atoms with Crippen LogP contribution >= 0.6 is 0 Å². The first-order valence-electron chi connectivity index (χ1n) is 14.9. The molecule has 0 radical (unpaired) electrons. The minimum absolute atomic E-state index is 0.0867. The molecule has 200 valence electrons. The van der Waals surface area contributed by atoms with E-state index in [1.807, 2.05) is 0 Å². The van der Waals surface area contributed by atoms with Gasteiger partial charge < -0.3 is 20.0 Å². The molecule has 6 fully saturated rings. The zero-order valence-electron chi connectivity index (χ0n) is 22.9. The zero-order chi connectivity index (χ0) is 24.5. The van der Waals surface area contributed by atoms with Crippen molar-refractivity contribution in [1.82, 2.24) is 19.6 Å². The number of hydrogen-bond acceptors (Lipinski definition) is 6. The van der Waals surface area contributed by atoms with Gasteiger partial charge >= 0.3 is 0 Å². The van der Waals surface area contributed by atoms with Gasteiger partial charge in [-0.15, -0.1) is 0 Å². The van der Waals surface area contributed by atoms with Gasteiger partial charge in [0.1, 0.15) is 0 Å². The second kappa shape index (κ2) is 9.20. The summed E-state index contributed by atoms with van der Waals surface area (Å²) in [5.74, 6) is 2.85. The van der Waals surface area contributed by atoms with Crippen molar-refractivity contribution >= 4 is 0 Å². The summed E-state index contributed by atoms with van der Waals surface area (Å²) in [4.78, 5) is 10.1. The Morgan fingerprint density at radius 3 is 1.89 bits per heavy atom. The number of aliphatic hydroxyl groups excluding tert-OH is 2. The lowest BCUT2D eigenvalue weighted by Gasteiger charge is -2.62. The number of piperazine rings is 2. The molecule has 0 unspecified atom stereocenters. The van der Waals surface area contributed by atoms with Gasteiger partial charge in [0.05, 0.1) is 12.2 Å². The van der Waals surface area contributed by atoms with Crippen LogP contribution < -0.4 is 0 Å². The van der Waals surface area contributed by atoms with Crippen LogP contribution in [0.5, 0.6) is 0 Å². The number of likely N-dealkylation sites (N-methyl/N-ethyl adjacent to an activating group) is 2. The maximum Gasteiger partial charge on any atom is 0.0751 e. The van der Waals surface area contributed by atoms with Crippen molar-refractivity contribution < 1.29 is 10.2 Å². The van der Waals surface area contributed by atoms with E-state index < -0.39 is 0 Å². The summed E-state index contributed by atoms with van der Waals surface area (Å²) < 4.78 is 0. The molecule has 35 heavy (non-hydrogen) atoms. The molecule has 0 aromatic rings. The van der Waals surface area contributed by atoms with Crippen molar-refractivity contribution in [2.75, 3.05) is 66.5 Å². The molecule has 10 atom stereocenters. The van der Waals surface area contributed by atoms with Gasteiger partial charge in [-0.2, -0.15) is 0 Å². The van der Waals surface area contributed by atoms with Crippen LogP contribution in [-0.2, 0) is 0 Å². The second-order valence-corrected chi connectivity index (χ2v) is 14.2. The van der Waals surface area contributed by atoms with Crippen LogP contribution in [0.2, 0.25) is 0 Å². The van der Waals surface area contributed by atoms with Crippen LogP contribution in [0.15, 0.2) is 0 Å². The number of fused-ring (bicyclic) bond motifs is 5. The fraction of sp³-hybridized carbons (Fsp3) is 1.00. The Labute approximate surface area is 214 Å². The van der Waals surface area contributed by atoms with Gasteiger partial charge in [-0.1, -0.05) is 13.8 Å². The summed E-state index contributed by atoms with van der Waals surface area (Å²) in [6, 6.07) is 0.693. The predicted molar refractivity (Wildman–Crippen MR) is 140 cm³/mol. The third-order valence-corrected chi connectivity index (χ3v) is 12.7. The highest BCUT2D eigenvalue weighted by Gasteiger charge is 2.63. The van der Waals surface area contributed by atoms with E-state index in [9.17, 15) is 10.2 Å². The zero-order valence-corrected chi connectivity index (χ0v) is 22.9. The smallest absolute Gasteiger partial charge is 0.0751 e. The molecular weight excluding hydrogens is 436 g/mol. The van der Waals surface area contributed by atoms with Gasteiger partial charge in [-0.05, 0) is 93.5 Å². The second-order valence-electron chi connectivity index (χ2n) is 14.2. The third-order valence-electron chi connectivity index (χ3n) is 12.7. The Hall–Kier alpha value is -0.240. The van der Waals surface area contributed by atoms with Crippen LogP contribution in [0.25, 0.3) is 0 Å². The van der Waals surface area contributed by atoms with Gasteiger partial charge in [0.2, 0.25) is 0 Å². The molecule has 4 aliphatic carbocycles. The largest absolute Gasteiger partial charge is 0.391 e. The van der Waals surface area contributed by atoms with E-state index in [0.29, 0.717) is 29.3 Å². The fourth-order valence-electron chi connectivity index (χ4n) is 10.3. The van der Waals surface area contributed by atoms with Crippen molar-refractivity contribution in [3.8, 4) is 0 Å². The van der Waals surface area contributed by atoms with Crippen LogP contribution in [0.3, 0.4) is 0 Å². The molecule has 2 heterocycles. The van der Waals surface area contributed by atoms with E-state index in [-0.39, 0.29) is 17.6 Å². The minimum atomic E-state index is -0.173. The molecule has 0 bridgehead atoms. The van der Waals surface area contributed by atoms with Crippen LogP contribution in [0.1, 0.15) is 58.8 Å². The fourth-order valence-corrected chi connectivity index (χ4v) is 10.3. The van der Waals surface area contributed by atoms with E-state index in [4.69, 9.17) is 0 Å². The molecule has 6 aliphatic rings. The van der Waals surface area contributed by atoms with Crippen molar-refractivity contribution in [1.29, 1.82) is 0 Å². The normalized spacial score (nSPS) is 52.6. The third kappa shape index (κ3) is 4.04.